The molecule has 0 saturated heterocycles. The molecule has 1 N–H and O–H groups in total. The van der Waals surface area contributed by atoms with Crippen molar-refractivity contribution in [3.05, 3.63) is 50.6 Å². The molecule has 0 aliphatic heterocycles. The highest BCUT2D eigenvalue weighted by Gasteiger charge is 2.34. The Kier molecular flexibility index (Phi) is 6.23. The van der Waals surface area contributed by atoms with Crippen molar-refractivity contribution in [2.45, 2.75) is 30.6 Å². The monoisotopic (exact) mass is 373 g/mol. The third-order valence-electron chi connectivity index (χ3n) is 2.95. The van der Waals surface area contributed by atoms with Crippen molar-refractivity contribution in [1.29, 1.82) is 0 Å². The van der Waals surface area contributed by atoms with Gasteiger partial charge in [0, 0.05) is 24.5 Å². The highest BCUT2D eigenvalue weighted by atomic mass is 32.3. The first-order valence-corrected chi connectivity index (χ1v) is 9.61. The van der Waals surface area contributed by atoms with Gasteiger partial charge in [0.15, 0.2) is 10.6 Å². The normalized spacial score (nSPS) is 12.0. The number of hydrogen-bond acceptors (Lipinski definition) is 8. The predicted octanol–water partition coefficient (Wildman–Crippen LogP) is 4.63. The zero-order chi connectivity index (χ0) is 18.5. The number of fused-ring (bicyclic) bond motifs is 1. The van der Waals surface area contributed by atoms with E-state index in [-0.39, 0.29) is 15.7 Å². The fourth-order valence-corrected chi connectivity index (χ4v) is 3.91. The molecule has 0 unspecified atom stereocenters. The van der Waals surface area contributed by atoms with Crippen molar-refractivity contribution in [2.75, 3.05) is 0 Å². The third-order valence-corrected chi connectivity index (χ3v) is 5.41. The Balaban J connectivity index is 0.00000139. The Morgan fingerprint density at radius 1 is 0.875 bits per heavy atom. The van der Waals surface area contributed by atoms with Crippen LogP contribution in [0.5, 0.6) is 0 Å². The van der Waals surface area contributed by atoms with Crippen LogP contribution in [0, 0.1) is 21.6 Å². The molecule has 9 nitrogen and oxygen atoms in total. The van der Waals surface area contributed by atoms with E-state index in [1.165, 1.54) is 30.3 Å². The summed E-state index contributed by atoms with van der Waals surface area (Å²) in [6, 6.07) is 6.57. The molecule has 2 rings (SSSR count). The van der Waals surface area contributed by atoms with Crippen LogP contribution in [0.25, 0.3) is 10.8 Å². The van der Waals surface area contributed by atoms with Crippen molar-refractivity contribution in [1.82, 2.24) is 0 Å². The molecule has 130 valence electrons. The molecule has 0 atom stereocenters. The van der Waals surface area contributed by atoms with Crippen LogP contribution in [0.1, 0.15) is 19.4 Å². The van der Waals surface area contributed by atoms with E-state index in [2.05, 4.69) is 13.7 Å². The lowest BCUT2D eigenvalue weighted by Gasteiger charge is -2.17. The van der Waals surface area contributed by atoms with E-state index >= 15 is 0 Å². The van der Waals surface area contributed by atoms with E-state index in [0.717, 1.165) is 0 Å². The molecule has 2 aromatic rings. The Hall–Kier alpha value is -2.24. The van der Waals surface area contributed by atoms with Crippen LogP contribution >= 0.6 is 10.6 Å². The largest absolute Gasteiger partial charge is 0.295 e. The lowest BCUT2D eigenvalue weighted by Crippen LogP contribution is -2.01. The second kappa shape index (κ2) is 7.55. The standard InChI is InChI=1S/C11H9N3O6S2.C2H6/c1-7-5-9-8(11(6-7)22(18,19)20)3-2-4-10(9)21(12-15,13-16)14-17;1-2/h2-6H,1H3,(H,18,19,20);1-2H3. The van der Waals surface area contributed by atoms with Gasteiger partial charge in [-0.3, -0.25) is 4.55 Å². The number of benzene rings is 2. The Bertz CT molecular complexity index is 876. The minimum atomic E-state index is -4.55. The average Bonchev–Trinajstić information content (AvgIpc) is 2.57. The van der Waals surface area contributed by atoms with Gasteiger partial charge in [-0.25, -0.2) is 0 Å². The maximum atomic E-state index is 11.5. The summed E-state index contributed by atoms with van der Waals surface area (Å²) in [6.45, 7) is 5.54. The zero-order valence-corrected chi connectivity index (χ0v) is 14.7. The van der Waals surface area contributed by atoms with Crippen LogP contribution in [0.2, 0.25) is 0 Å². The number of rotatable bonds is 5. The number of aryl methyl sites for hydroxylation is 1. The second-order valence-electron chi connectivity index (χ2n) is 4.33. The number of hydrogen-bond donors (Lipinski definition) is 1. The highest BCUT2D eigenvalue weighted by molar-refractivity contribution is 8.30. The summed E-state index contributed by atoms with van der Waals surface area (Å²) in [4.78, 5) is 32.2. The summed E-state index contributed by atoms with van der Waals surface area (Å²) < 4.78 is 39.6. The molecule has 11 heteroatoms. The molecule has 0 radical (unpaired) electrons. The lowest BCUT2D eigenvalue weighted by atomic mass is 10.1. The molecular formula is C13H15N3O6S2. The first-order chi connectivity index (χ1) is 11.3. The number of nitroso groups, excluding NO2 is 3. The van der Waals surface area contributed by atoms with Gasteiger partial charge in [0.05, 0.1) is 4.90 Å². The van der Waals surface area contributed by atoms with Crippen molar-refractivity contribution < 1.29 is 13.0 Å². The summed E-state index contributed by atoms with van der Waals surface area (Å²) in [5, 5.41) is 0.113. The summed E-state index contributed by atoms with van der Waals surface area (Å²) in [6.07, 6.45) is 0. The van der Waals surface area contributed by atoms with Gasteiger partial charge in [-0.2, -0.15) is 8.42 Å². The molecule has 0 aliphatic carbocycles. The van der Waals surface area contributed by atoms with Crippen LogP contribution in [-0.2, 0) is 10.1 Å². The molecule has 0 aliphatic rings. The zero-order valence-electron chi connectivity index (χ0n) is 13.0. The van der Waals surface area contributed by atoms with Crippen LogP contribution < -0.4 is 0 Å². The first-order valence-electron chi connectivity index (χ1n) is 6.67. The van der Waals surface area contributed by atoms with E-state index in [1.54, 1.807) is 6.92 Å². The van der Waals surface area contributed by atoms with Gasteiger partial charge in [0.2, 0.25) is 0 Å². The fraction of sp³-hybridized carbons (Fsp3) is 0.231. The van der Waals surface area contributed by atoms with Crippen molar-refractivity contribution in [3.63, 3.8) is 0 Å². The van der Waals surface area contributed by atoms with Gasteiger partial charge in [0.25, 0.3) is 10.1 Å². The van der Waals surface area contributed by atoms with Gasteiger partial charge >= 0.3 is 0 Å². The molecule has 0 aromatic heterocycles. The SMILES string of the molecule is CC.Cc1cc(S(=O)(=O)O)c2cccc(S(N=O)(N=O)N=O)c2c1. The van der Waals surface area contributed by atoms with Gasteiger partial charge < -0.3 is 0 Å². The van der Waals surface area contributed by atoms with Gasteiger partial charge in [-0.1, -0.05) is 32.0 Å². The molecule has 0 spiro atoms. The maximum absolute atomic E-state index is 11.5. The minimum Gasteiger partial charge on any atom is -0.282 e. The fourth-order valence-electron chi connectivity index (χ4n) is 2.08. The second-order valence-corrected chi connectivity index (χ2v) is 7.65. The smallest absolute Gasteiger partial charge is 0.282 e. The number of nitrogens with zero attached hydrogens (tertiary/aromatic N) is 3. The predicted molar refractivity (Wildman–Crippen MR) is 93.1 cm³/mol. The topological polar surface area (TPSA) is 143 Å². The molecule has 2 aromatic carbocycles. The van der Waals surface area contributed by atoms with Crippen LogP contribution in [0.3, 0.4) is 0 Å². The van der Waals surface area contributed by atoms with Crippen LogP contribution in [0.15, 0.2) is 53.9 Å². The quantitative estimate of drug-likeness (QED) is 0.598. The first kappa shape index (κ1) is 19.8. The maximum Gasteiger partial charge on any atom is 0.295 e. The van der Waals surface area contributed by atoms with Gasteiger partial charge in [-0.15, -0.1) is 14.7 Å². The van der Waals surface area contributed by atoms with E-state index < -0.39 is 25.6 Å². The van der Waals surface area contributed by atoms with Crippen molar-refractivity contribution >= 4 is 31.5 Å². The van der Waals surface area contributed by atoms with Gasteiger partial charge in [-0.05, 0) is 24.6 Å². The summed E-state index contributed by atoms with van der Waals surface area (Å²) in [5.74, 6) is 0. The summed E-state index contributed by atoms with van der Waals surface area (Å²) in [7, 11) is -8.31. The van der Waals surface area contributed by atoms with Crippen LogP contribution in [-0.4, -0.2) is 13.0 Å². The molecule has 0 fully saturated rings. The Labute approximate surface area is 139 Å². The molecule has 0 bridgehead atoms. The lowest BCUT2D eigenvalue weighted by molar-refractivity contribution is 0.484. The molecule has 0 saturated carbocycles. The molecule has 0 amide bonds. The van der Waals surface area contributed by atoms with E-state index in [1.807, 2.05) is 13.8 Å². The molecular weight excluding hydrogens is 358 g/mol. The Morgan fingerprint density at radius 3 is 1.88 bits per heavy atom. The van der Waals surface area contributed by atoms with E-state index in [4.69, 9.17) is 0 Å². The minimum absolute atomic E-state index is 0.0263. The Morgan fingerprint density at radius 2 is 1.42 bits per heavy atom. The molecule has 0 heterocycles. The average molecular weight is 373 g/mol. The van der Waals surface area contributed by atoms with E-state index in [9.17, 15) is 27.7 Å². The summed E-state index contributed by atoms with van der Waals surface area (Å²) in [5.41, 5.74) is 0.420. The molecule has 24 heavy (non-hydrogen) atoms. The summed E-state index contributed by atoms with van der Waals surface area (Å²) >= 11 is 0. The van der Waals surface area contributed by atoms with Crippen molar-refractivity contribution in [2.24, 2.45) is 13.7 Å². The van der Waals surface area contributed by atoms with E-state index in [0.29, 0.717) is 5.56 Å². The van der Waals surface area contributed by atoms with Gasteiger partial charge in [0.1, 0.15) is 4.90 Å². The highest BCUT2D eigenvalue weighted by Crippen LogP contribution is 2.61. The third kappa shape index (κ3) is 3.47. The van der Waals surface area contributed by atoms with Crippen LogP contribution in [0.4, 0.5) is 0 Å². The van der Waals surface area contributed by atoms with Crippen molar-refractivity contribution in [3.8, 4) is 0 Å².